The van der Waals surface area contributed by atoms with Crippen molar-refractivity contribution in [2.75, 3.05) is 5.32 Å². The first-order valence-corrected chi connectivity index (χ1v) is 7.07. The van der Waals surface area contributed by atoms with Gasteiger partial charge in [0, 0.05) is 10.4 Å². The summed E-state index contributed by atoms with van der Waals surface area (Å²) in [6.07, 6.45) is 0. The average Bonchev–Trinajstić information content (AvgIpc) is 2.68. The predicted molar refractivity (Wildman–Crippen MR) is 81.5 cm³/mol. The monoisotopic (exact) mass is 305 g/mol. The van der Waals surface area contributed by atoms with Crippen molar-refractivity contribution in [3.8, 4) is 5.75 Å². The molecule has 1 aromatic heterocycles. The lowest BCUT2D eigenvalue weighted by Crippen LogP contribution is -2.13. The molecule has 0 unspecified atom stereocenters. The van der Waals surface area contributed by atoms with Crippen LogP contribution in [-0.2, 0) is 0 Å². The summed E-state index contributed by atoms with van der Waals surface area (Å²) in [6, 6.07) is 4.48. The topological polar surface area (TPSA) is 86.6 Å². The number of aryl methyl sites for hydroxylation is 2. The van der Waals surface area contributed by atoms with Gasteiger partial charge in [-0.15, -0.1) is 11.3 Å². The van der Waals surface area contributed by atoms with Crippen LogP contribution in [0.3, 0.4) is 0 Å². The van der Waals surface area contributed by atoms with Crippen LogP contribution in [0.1, 0.15) is 36.7 Å². The molecule has 0 aliphatic rings. The van der Waals surface area contributed by atoms with Gasteiger partial charge in [0.15, 0.2) is 0 Å². The molecular formula is C15H15NO4S. The minimum Gasteiger partial charge on any atom is -0.508 e. The van der Waals surface area contributed by atoms with Crippen molar-refractivity contribution in [3.05, 3.63) is 45.3 Å². The van der Waals surface area contributed by atoms with E-state index < -0.39 is 11.9 Å². The van der Waals surface area contributed by atoms with E-state index >= 15 is 0 Å². The fourth-order valence-corrected chi connectivity index (χ4v) is 2.99. The Morgan fingerprint density at radius 3 is 2.43 bits per heavy atom. The zero-order valence-corrected chi connectivity index (χ0v) is 12.7. The molecule has 2 aromatic rings. The van der Waals surface area contributed by atoms with Gasteiger partial charge in [-0.05, 0) is 50.1 Å². The molecule has 5 nitrogen and oxygen atoms in total. The van der Waals surface area contributed by atoms with E-state index in [2.05, 4.69) is 5.32 Å². The fourth-order valence-electron chi connectivity index (χ4n) is 1.94. The van der Waals surface area contributed by atoms with Crippen LogP contribution < -0.4 is 5.32 Å². The van der Waals surface area contributed by atoms with E-state index in [4.69, 9.17) is 0 Å². The maximum absolute atomic E-state index is 12.2. The van der Waals surface area contributed by atoms with E-state index in [0.29, 0.717) is 21.7 Å². The molecule has 0 radical (unpaired) electrons. The number of anilines is 1. The number of hydrogen-bond donors (Lipinski definition) is 3. The van der Waals surface area contributed by atoms with Gasteiger partial charge in [-0.1, -0.05) is 0 Å². The largest absolute Gasteiger partial charge is 0.508 e. The number of thiophene rings is 1. The Balaban J connectivity index is 2.33. The van der Waals surface area contributed by atoms with Gasteiger partial charge < -0.3 is 15.5 Å². The second kappa shape index (κ2) is 5.57. The number of carboxylic acids is 1. The van der Waals surface area contributed by atoms with E-state index in [-0.39, 0.29) is 11.3 Å². The first-order chi connectivity index (χ1) is 9.81. The maximum Gasteiger partial charge on any atom is 0.338 e. The van der Waals surface area contributed by atoms with Gasteiger partial charge in [-0.3, -0.25) is 4.79 Å². The van der Waals surface area contributed by atoms with Gasteiger partial charge in [-0.2, -0.15) is 0 Å². The number of benzene rings is 1. The number of phenolic OH excluding ortho intramolecular Hbond substituents is 1. The van der Waals surface area contributed by atoms with Crippen LogP contribution in [0.5, 0.6) is 5.75 Å². The third kappa shape index (κ3) is 2.90. The molecule has 0 bridgehead atoms. The van der Waals surface area contributed by atoms with Crippen molar-refractivity contribution < 1.29 is 19.8 Å². The quantitative estimate of drug-likeness (QED) is 0.811. The van der Waals surface area contributed by atoms with Crippen molar-refractivity contribution in [1.29, 1.82) is 0 Å². The molecule has 21 heavy (non-hydrogen) atoms. The number of hydrogen-bond acceptors (Lipinski definition) is 4. The SMILES string of the molecule is Cc1cc(C(=O)Nc2sc(C)c(C)c2C(=O)O)ccc1O. The van der Waals surface area contributed by atoms with Gasteiger partial charge in [0.05, 0.1) is 5.56 Å². The molecule has 3 N–H and O–H groups in total. The number of aromatic carboxylic acids is 1. The lowest BCUT2D eigenvalue weighted by atomic mass is 10.1. The molecule has 0 aliphatic heterocycles. The van der Waals surface area contributed by atoms with Crippen LogP contribution >= 0.6 is 11.3 Å². The summed E-state index contributed by atoms with van der Waals surface area (Å²) in [5, 5.41) is 21.7. The highest BCUT2D eigenvalue weighted by molar-refractivity contribution is 7.16. The summed E-state index contributed by atoms with van der Waals surface area (Å²) >= 11 is 1.24. The Bertz CT molecular complexity index is 734. The molecule has 1 amide bonds. The van der Waals surface area contributed by atoms with Crippen LogP contribution in [0.4, 0.5) is 5.00 Å². The molecule has 0 saturated carbocycles. The van der Waals surface area contributed by atoms with Crippen molar-refractivity contribution in [1.82, 2.24) is 0 Å². The summed E-state index contributed by atoms with van der Waals surface area (Å²) in [6.45, 7) is 5.22. The fraction of sp³-hybridized carbons (Fsp3) is 0.200. The lowest BCUT2D eigenvalue weighted by molar-refractivity contribution is 0.0697. The van der Waals surface area contributed by atoms with Gasteiger partial charge in [0.1, 0.15) is 10.8 Å². The van der Waals surface area contributed by atoms with E-state index in [1.807, 2.05) is 6.92 Å². The molecule has 110 valence electrons. The number of nitrogens with one attached hydrogen (secondary N) is 1. The smallest absolute Gasteiger partial charge is 0.338 e. The molecule has 0 atom stereocenters. The molecule has 2 rings (SSSR count). The van der Waals surface area contributed by atoms with Gasteiger partial charge in [0.25, 0.3) is 5.91 Å². The Morgan fingerprint density at radius 1 is 1.19 bits per heavy atom. The van der Waals surface area contributed by atoms with Gasteiger partial charge >= 0.3 is 5.97 Å². The lowest BCUT2D eigenvalue weighted by Gasteiger charge is -2.06. The van der Waals surface area contributed by atoms with Crippen LogP contribution in [0.2, 0.25) is 0 Å². The summed E-state index contributed by atoms with van der Waals surface area (Å²) in [5.41, 5.74) is 1.73. The highest BCUT2D eigenvalue weighted by Crippen LogP contribution is 2.32. The van der Waals surface area contributed by atoms with Gasteiger partial charge in [-0.25, -0.2) is 4.79 Å². The van der Waals surface area contributed by atoms with E-state index in [9.17, 15) is 19.8 Å². The Hall–Kier alpha value is -2.34. The van der Waals surface area contributed by atoms with Crippen LogP contribution in [0, 0.1) is 20.8 Å². The van der Waals surface area contributed by atoms with E-state index in [0.717, 1.165) is 4.88 Å². The van der Waals surface area contributed by atoms with Gasteiger partial charge in [0.2, 0.25) is 0 Å². The Kier molecular flexibility index (Phi) is 3.99. The third-order valence-electron chi connectivity index (χ3n) is 3.29. The zero-order chi connectivity index (χ0) is 15.7. The number of amides is 1. The minimum atomic E-state index is -1.06. The van der Waals surface area contributed by atoms with Crippen LogP contribution in [0.25, 0.3) is 0 Å². The summed E-state index contributed by atoms with van der Waals surface area (Å²) in [7, 11) is 0. The van der Waals surface area contributed by atoms with Crippen molar-refractivity contribution in [3.63, 3.8) is 0 Å². The first-order valence-electron chi connectivity index (χ1n) is 6.25. The van der Waals surface area contributed by atoms with Crippen LogP contribution in [-0.4, -0.2) is 22.1 Å². The molecule has 1 aromatic carbocycles. The van der Waals surface area contributed by atoms with Crippen molar-refractivity contribution in [2.24, 2.45) is 0 Å². The van der Waals surface area contributed by atoms with Crippen molar-refractivity contribution >= 4 is 28.2 Å². The second-order valence-electron chi connectivity index (χ2n) is 4.75. The highest BCUT2D eigenvalue weighted by Gasteiger charge is 2.20. The van der Waals surface area contributed by atoms with E-state index in [1.54, 1.807) is 19.9 Å². The molecule has 0 fully saturated rings. The first kappa shape index (κ1) is 15.1. The molecule has 6 heteroatoms. The minimum absolute atomic E-state index is 0.112. The number of carboxylic acid groups (broad SMARTS) is 1. The predicted octanol–water partition coefficient (Wildman–Crippen LogP) is 3.33. The molecule has 0 aliphatic carbocycles. The second-order valence-corrected chi connectivity index (χ2v) is 5.97. The molecular weight excluding hydrogens is 290 g/mol. The number of carbonyl (C=O) groups is 2. The summed E-state index contributed by atoms with van der Waals surface area (Å²) in [5.74, 6) is -1.35. The zero-order valence-electron chi connectivity index (χ0n) is 11.9. The molecule has 0 saturated heterocycles. The van der Waals surface area contributed by atoms with E-state index in [1.165, 1.54) is 23.5 Å². The number of aromatic hydroxyl groups is 1. The highest BCUT2D eigenvalue weighted by atomic mass is 32.1. The number of carbonyl (C=O) groups excluding carboxylic acids is 1. The summed E-state index contributed by atoms with van der Waals surface area (Å²) in [4.78, 5) is 24.3. The average molecular weight is 305 g/mol. The normalized spacial score (nSPS) is 10.4. The molecule has 0 spiro atoms. The summed E-state index contributed by atoms with van der Waals surface area (Å²) < 4.78 is 0. The molecule has 1 heterocycles. The van der Waals surface area contributed by atoms with Crippen LogP contribution in [0.15, 0.2) is 18.2 Å². The maximum atomic E-state index is 12.2. The third-order valence-corrected chi connectivity index (χ3v) is 4.41. The Labute approximate surface area is 125 Å². The van der Waals surface area contributed by atoms with Crippen molar-refractivity contribution in [2.45, 2.75) is 20.8 Å². The standard InChI is InChI=1S/C15H15NO4S/c1-7-6-10(4-5-11(7)17)13(18)16-14-12(15(19)20)8(2)9(3)21-14/h4-6,17H,1-3H3,(H,16,18)(H,19,20). The number of phenols is 1. The number of rotatable bonds is 3. The Morgan fingerprint density at radius 2 is 1.86 bits per heavy atom.